The van der Waals surface area contributed by atoms with E-state index in [2.05, 4.69) is 0 Å². The highest BCUT2D eigenvalue weighted by atomic mass is 32.2. The van der Waals surface area contributed by atoms with Crippen molar-refractivity contribution in [2.24, 2.45) is 0 Å². The minimum absolute atomic E-state index is 0.0921. The summed E-state index contributed by atoms with van der Waals surface area (Å²) in [6.45, 7) is 3.11. The van der Waals surface area contributed by atoms with Crippen LogP contribution in [-0.4, -0.2) is 18.6 Å². The van der Waals surface area contributed by atoms with Crippen molar-refractivity contribution >= 4 is 10.1 Å². The van der Waals surface area contributed by atoms with Gasteiger partial charge in [-0.15, -0.1) is 0 Å². The van der Waals surface area contributed by atoms with E-state index < -0.39 is 38.9 Å². The van der Waals surface area contributed by atoms with Crippen molar-refractivity contribution in [1.29, 1.82) is 0 Å². The molecule has 0 bridgehead atoms. The van der Waals surface area contributed by atoms with E-state index in [9.17, 15) is 27.4 Å². The molecule has 0 aromatic heterocycles. The Morgan fingerprint density at radius 2 is 1.31 bits per heavy atom. The summed E-state index contributed by atoms with van der Waals surface area (Å²) in [6, 6.07) is 10.2. The summed E-state index contributed by atoms with van der Waals surface area (Å²) in [6.07, 6.45) is 0. The van der Waals surface area contributed by atoms with E-state index in [1.54, 1.807) is 19.9 Å². The monoisotopic (exact) mass is 418 g/mol. The van der Waals surface area contributed by atoms with E-state index in [0.717, 1.165) is 24.3 Å². The molecule has 0 spiro atoms. The lowest BCUT2D eigenvalue weighted by atomic mass is 9.76. The van der Waals surface area contributed by atoms with Crippen molar-refractivity contribution in [1.82, 2.24) is 0 Å². The molecule has 0 atom stereocenters. The Kier molecular flexibility index (Phi) is 4.18. The van der Waals surface area contributed by atoms with Crippen LogP contribution in [0.5, 0.6) is 11.5 Å². The number of rotatable bonds is 2. The summed E-state index contributed by atoms with van der Waals surface area (Å²) >= 11 is 0. The van der Waals surface area contributed by atoms with Crippen molar-refractivity contribution in [2.75, 3.05) is 0 Å². The third-order valence-electron chi connectivity index (χ3n) is 5.12. The lowest BCUT2D eigenvalue weighted by Gasteiger charge is -2.32. The van der Waals surface area contributed by atoms with Crippen LogP contribution in [0, 0.1) is 25.5 Å². The number of benzene rings is 3. The first-order valence-corrected chi connectivity index (χ1v) is 10.0. The summed E-state index contributed by atoms with van der Waals surface area (Å²) in [7, 11) is -4.26. The molecule has 3 aromatic carbocycles. The molecule has 1 aliphatic heterocycles. The molecule has 8 heteroatoms. The van der Waals surface area contributed by atoms with Crippen LogP contribution in [0.25, 0.3) is 0 Å². The number of aromatic hydroxyl groups is 2. The average Bonchev–Trinajstić information content (AvgIpc) is 2.90. The van der Waals surface area contributed by atoms with Gasteiger partial charge in [0, 0.05) is 16.7 Å². The van der Waals surface area contributed by atoms with Gasteiger partial charge < -0.3 is 10.2 Å². The van der Waals surface area contributed by atoms with E-state index >= 15 is 0 Å². The van der Waals surface area contributed by atoms with Gasteiger partial charge in [0.2, 0.25) is 0 Å². The first-order chi connectivity index (χ1) is 13.6. The number of hydrogen-bond donors (Lipinski definition) is 2. The molecule has 0 amide bonds. The molecule has 0 fully saturated rings. The van der Waals surface area contributed by atoms with Crippen LogP contribution in [0.4, 0.5) is 8.78 Å². The third-order valence-corrected chi connectivity index (χ3v) is 6.48. The summed E-state index contributed by atoms with van der Waals surface area (Å²) < 4.78 is 60.0. The maximum atomic E-state index is 14.3. The van der Waals surface area contributed by atoms with E-state index in [4.69, 9.17) is 4.18 Å². The van der Waals surface area contributed by atoms with E-state index in [0.29, 0.717) is 11.1 Å². The molecule has 0 saturated heterocycles. The first-order valence-electron chi connectivity index (χ1n) is 8.62. The van der Waals surface area contributed by atoms with E-state index in [1.807, 2.05) is 0 Å². The number of aryl methyl sites for hydroxylation is 2. The maximum absolute atomic E-state index is 14.3. The van der Waals surface area contributed by atoms with Gasteiger partial charge in [-0.05, 0) is 55.3 Å². The SMILES string of the molecule is Cc1cc(O)c(F)cc1C1(c2cc(F)c(O)cc2C)OS(=O)(=O)c2ccccc21. The molecule has 0 radical (unpaired) electrons. The van der Waals surface area contributed by atoms with Crippen LogP contribution >= 0.6 is 0 Å². The molecule has 0 unspecified atom stereocenters. The standard InChI is InChI=1S/C21H16F2O5S/c1-11-7-18(24)16(22)9-14(11)21(15-10-17(23)19(25)8-12(15)2)13-5-3-4-6-20(13)29(26,27)28-21/h3-10,24-25H,1-2H3. The molecule has 0 saturated carbocycles. The Hall–Kier alpha value is -2.97. The predicted octanol–water partition coefficient (Wildman–Crippen LogP) is 4.00. The summed E-state index contributed by atoms with van der Waals surface area (Å²) in [4.78, 5) is -0.124. The molecule has 1 aliphatic rings. The lowest BCUT2D eigenvalue weighted by molar-refractivity contribution is 0.177. The van der Waals surface area contributed by atoms with Crippen LogP contribution in [-0.2, 0) is 19.9 Å². The van der Waals surface area contributed by atoms with Crippen molar-refractivity contribution in [3.05, 3.63) is 88.0 Å². The Morgan fingerprint density at radius 3 is 1.83 bits per heavy atom. The van der Waals surface area contributed by atoms with Crippen LogP contribution in [0.2, 0.25) is 0 Å². The van der Waals surface area contributed by atoms with Gasteiger partial charge in [-0.3, -0.25) is 0 Å². The van der Waals surface area contributed by atoms with Gasteiger partial charge in [-0.1, -0.05) is 18.2 Å². The second-order valence-electron chi connectivity index (χ2n) is 6.95. The third kappa shape index (κ3) is 2.71. The molecule has 150 valence electrons. The second kappa shape index (κ2) is 6.27. The number of phenols is 2. The van der Waals surface area contributed by atoms with Gasteiger partial charge in [-0.25, -0.2) is 13.0 Å². The zero-order valence-corrected chi connectivity index (χ0v) is 16.2. The second-order valence-corrected chi connectivity index (χ2v) is 8.47. The van der Waals surface area contributed by atoms with Crippen LogP contribution in [0.1, 0.15) is 27.8 Å². The predicted molar refractivity (Wildman–Crippen MR) is 100 cm³/mol. The summed E-state index contributed by atoms with van der Waals surface area (Å²) in [5, 5.41) is 19.5. The first kappa shape index (κ1) is 19.4. The summed E-state index contributed by atoms with van der Waals surface area (Å²) in [5.74, 6) is -3.17. The largest absolute Gasteiger partial charge is 0.505 e. The van der Waals surface area contributed by atoms with Crippen LogP contribution in [0.3, 0.4) is 0 Å². The van der Waals surface area contributed by atoms with Gasteiger partial charge in [0.25, 0.3) is 10.1 Å². The molecule has 2 N–H and O–H groups in total. The smallest absolute Gasteiger partial charge is 0.298 e. The fraction of sp³-hybridized carbons (Fsp3) is 0.143. The Morgan fingerprint density at radius 1 is 0.828 bits per heavy atom. The minimum Gasteiger partial charge on any atom is -0.505 e. The van der Waals surface area contributed by atoms with Crippen molar-refractivity contribution in [3.63, 3.8) is 0 Å². The molecule has 3 aromatic rings. The zero-order valence-electron chi connectivity index (χ0n) is 15.4. The molecular formula is C21H16F2O5S. The maximum Gasteiger partial charge on any atom is 0.298 e. The lowest BCUT2D eigenvalue weighted by Crippen LogP contribution is -2.31. The van der Waals surface area contributed by atoms with Gasteiger partial charge >= 0.3 is 0 Å². The Labute approximate surface area is 166 Å². The topological polar surface area (TPSA) is 83.8 Å². The van der Waals surface area contributed by atoms with Gasteiger partial charge in [0.05, 0.1) is 0 Å². The van der Waals surface area contributed by atoms with Gasteiger partial charge in [0.1, 0.15) is 4.90 Å². The molecule has 0 aliphatic carbocycles. The Bertz CT molecular complexity index is 1210. The fourth-order valence-electron chi connectivity index (χ4n) is 3.85. The number of phenolic OH excluding ortho intramolecular Hbond substituents is 2. The molecule has 4 rings (SSSR count). The van der Waals surface area contributed by atoms with Gasteiger partial charge in [0.15, 0.2) is 28.7 Å². The number of fused-ring (bicyclic) bond motifs is 1. The normalized spacial score (nSPS) is 16.6. The zero-order chi connectivity index (χ0) is 21.1. The van der Waals surface area contributed by atoms with E-state index in [-0.39, 0.29) is 21.6 Å². The molecular weight excluding hydrogens is 402 g/mol. The highest BCUT2D eigenvalue weighted by molar-refractivity contribution is 7.87. The fourth-order valence-corrected chi connectivity index (χ4v) is 5.26. The van der Waals surface area contributed by atoms with E-state index in [1.165, 1.54) is 18.2 Å². The summed E-state index contributed by atoms with van der Waals surface area (Å²) in [5.41, 5.74) is -0.857. The van der Waals surface area contributed by atoms with Crippen molar-refractivity contribution in [2.45, 2.75) is 24.3 Å². The van der Waals surface area contributed by atoms with Crippen LogP contribution < -0.4 is 0 Å². The molecule has 5 nitrogen and oxygen atoms in total. The highest BCUT2D eigenvalue weighted by Gasteiger charge is 2.53. The Balaban J connectivity index is 2.20. The number of halogens is 2. The van der Waals surface area contributed by atoms with Gasteiger partial charge in [-0.2, -0.15) is 8.42 Å². The van der Waals surface area contributed by atoms with Crippen molar-refractivity contribution < 1.29 is 31.6 Å². The molecule has 29 heavy (non-hydrogen) atoms. The van der Waals surface area contributed by atoms with Crippen molar-refractivity contribution in [3.8, 4) is 11.5 Å². The van der Waals surface area contributed by atoms with Crippen LogP contribution in [0.15, 0.2) is 53.4 Å². The quantitative estimate of drug-likeness (QED) is 0.615. The minimum atomic E-state index is -4.26. The average molecular weight is 418 g/mol. The molecule has 1 heterocycles. The highest BCUT2D eigenvalue weighted by Crippen LogP contribution is 2.52. The number of hydrogen-bond acceptors (Lipinski definition) is 5.